The van der Waals surface area contributed by atoms with E-state index in [0.717, 1.165) is 0 Å². The summed E-state index contributed by atoms with van der Waals surface area (Å²) < 4.78 is 10.7. The number of hydrogen-bond donors (Lipinski definition) is 1. The maximum atomic E-state index is 10.7. The Balaban J connectivity index is -0.0000000800. The van der Waals surface area contributed by atoms with Crippen LogP contribution in [0.4, 0.5) is 4.39 Å². The van der Waals surface area contributed by atoms with Gasteiger partial charge >= 0.3 is 57.4 Å². The predicted octanol–water partition coefficient (Wildman–Crippen LogP) is -3.44. The van der Waals surface area contributed by atoms with Crippen molar-refractivity contribution >= 4 is 6.04 Å². The Morgan fingerprint density at radius 2 is 2.17 bits per heavy atom. The molecule has 0 saturated heterocycles. The van der Waals surface area contributed by atoms with Crippen LogP contribution in [-0.2, 0) is 4.79 Å². The van der Waals surface area contributed by atoms with E-state index in [2.05, 4.69) is 5.73 Å². The fraction of sp³-hybridized carbons (Fsp3) is 0.500. The van der Waals surface area contributed by atoms with Gasteiger partial charge in [0.2, 0.25) is 0 Å². The second kappa shape index (κ2) is 6.20. The molecule has 2 N–H and O–H groups in total. The van der Waals surface area contributed by atoms with Crippen molar-refractivity contribution in [3.8, 4) is 0 Å². The summed E-state index contributed by atoms with van der Waals surface area (Å²) in [5, 5.41) is 0. The zero-order valence-electron chi connectivity index (χ0n) is 4.57. The van der Waals surface area contributed by atoms with Crippen LogP contribution >= 0.6 is 0 Å². The van der Waals surface area contributed by atoms with Gasteiger partial charge in [-0.3, -0.25) is 4.79 Å². The Labute approximate surface area is 79.2 Å². The summed E-state index contributed by atoms with van der Waals surface area (Å²) in [4.78, 5) is 9.02. The Hall–Kier alpha value is 1.20. The van der Waals surface area contributed by atoms with Gasteiger partial charge in [-0.15, -0.1) is 0 Å². The summed E-state index contributed by atoms with van der Waals surface area (Å²) in [6.45, 7) is -0.500. The van der Waals surface area contributed by atoms with Crippen LogP contribution in [0.3, 0.4) is 0 Å². The van der Waals surface area contributed by atoms with Crippen molar-refractivity contribution in [1.82, 2.24) is 0 Å². The van der Waals surface area contributed by atoms with Gasteiger partial charge in [-0.1, -0.05) is 0 Å². The van der Waals surface area contributed by atoms with E-state index in [9.17, 15) is 4.39 Å². The number of hydrogen-bond acceptors (Lipinski definition) is 2. The Morgan fingerprint density at radius 1 is 2.00 bits per heavy atom. The molecule has 6 heavy (non-hydrogen) atoms. The van der Waals surface area contributed by atoms with Crippen LogP contribution in [0.2, 0.25) is 0 Å². The van der Waals surface area contributed by atoms with E-state index < -0.39 is 12.6 Å². The first-order valence-electron chi connectivity index (χ1n) is 1.15. The summed E-state index contributed by atoms with van der Waals surface area (Å²) in [5.74, 6) is 0. The zero-order chi connectivity index (χ0) is 4.28. The van der Waals surface area contributed by atoms with Crippen molar-refractivity contribution in [3.05, 3.63) is 0 Å². The van der Waals surface area contributed by atoms with E-state index in [0.29, 0.717) is 0 Å². The van der Waals surface area contributed by atoms with Crippen LogP contribution in [0, 0.1) is 0 Å². The number of halogens is 1. The summed E-state index contributed by atoms with van der Waals surface area (Å²) in [6.07, 6.45) is 0. The first-order chi connectivity index (χ1) is 2.27. The topological polar surface area (TPSA) is 43.1 Å². The van der Waals surface area contributed by atoms with E-state index in [-0.39, 0.29) is 52.8 Å². The van der Waals surface area contributed by atoms with Gasteiger partial charge < -0.3 is 7.16 Å². The van der Waals surface area contributed by atoms with Crippen molar-refractivity contribution < 1.29 is 62.0 Å². The fourth-order valence-electron chi connectivity index (χ4n) is 0. The van der Waals surface area contributed by atoms with E-state index in [1.165, 1.54) is 0 Å². The summed E-state index contributed by atoms with van der Waals surface area (Å²) in [6, 6.07) is -1.47. The zero-order valence-corrected chi connectivity index (χ0v) is 6.69. The molecule has 0 aliphatic rings. The molecule has 0 heterocycles. The molecule has 0 fully saturated rings. The van der Waals surface area contributed by atoms with Crippen LogP contribution in [0.25, 0.3) is 0 Å². The molecular weight excluding hydrogens is 112 g/mol. The predicted molar refractivity (Wildman–Crippen MR) is 16.3 cm³/mol. The van der Waals surface area contributed by atoms with Crippen molar-refractivity contribution in [2.45, 2.75) is 0 Å². The fourth-order valence-corrected chi connectivity index (χ4v) is 0. The number of carbonyl (C=O) groups excluding carboxylic acids is 1. The number of carbonyl (C=O) groups is 1. The molecule has 0 atom stereocenters. The van der Waals surface area contributed by atoms with Crippen molar-refractivity contribution in [1.29, 1.82) is 0 Å². The Morgan fingerprint density at radius 3 is 2.17 bits per heavy atom. The molecule has 0 aromatic carbocycles. The van der Waals surface area contributed by atoms with Gasteiger partial charge in [-0.05, 0) is 0 Å². The second-order valence-corrected chi connectivity index (χ2v) is 0.559. The molecule has 4 heteroatoms. The minimum absolute atomic E-state index is 0. The van der Waals surface area contributed by atoms with Gasteiger partial charge in [-0.2, -0.15) is 4.39 Å². The van der Waals surface area contributed by atoms with Crippen LogP contribution in [0.15, 0.2) is 0 Å². The standard InChI is InChI=1S/C2H4FNO.K.H/c3-2(5)1-4;;/h1,4H2;;/q;+1;-1. The maximum absolute atomic E-state index is 10.7. The van der Waals surface area contributed by atoms with Gasteiger partial charge in [0.05, 0.1) is 6.54 Å². The van der Waals surface area contributed by atoms with E-state index in [1.54, 1.807) is 0 Å². The molecule has 0 rings (SSSR count). The molecule has 0 aromatic rings. The molecule has 0 spiro atoms. The normalized spacial score (nSPS) is 6.33. The largest absolute Gasteiger partial charge is 1.00 e. The van der Waals surface area contributed by atoms with Crippen LogP contribution in [0.1, 0.15) is 1.43 Å². The molecule has 2 nitrogen and oxygen atoms in total. The Kier molecular flexibility index (Phi) is 10.6. The van der Waals surface area contributed by atoms with E-state index in [4.69, 9.17) is 4.79 Å². The number of nitrogens with two attached hydrogens (primary N) is 1. The minimum atomic E-state index is -1.47. The van der Waals surface area contributed by atoms with Crippen molar-refractivity contribution in [3.63, 3.8) is 0 Å². The monoisotopic (exact) mass is 117 g/mol. The average molecular weight is 117 g/mol. The summed E-state index contributed by atoms with van der Waals surface area (Å²) >= 11 is 0. The third-order valence-corrected chi connectivity index (χ3v) is 0.160. The summed E-state index contributed by atoms with van der Waals surface area (Å²) in [7, 11) is 0. The quantitative estimate of drug-likeness (QED) is 0.287. The Bertz CT molecular complexity index is 53.0. The molecule has 0 saturated carbocycles. The minimum Gasteiger partial charge on any atom is -1.00 e. The number of rotatable bonds is 1. The van der Waals surface area contributed by atoms with Crippen LogP contribution in [-0.4, -0.2) is 12.6 Å². The molecule has 0 aliphatic carbocycles. The van der Waals surface area contributed by atoms with Gasteiger partial charge in [0.25, 0.3) is 0 Å². The van der Waals surface area contributed by atoms with E-state index in [1.807, 2.05) is 0 Å². The molecular formula is C2H5FKNO. The van der Waals surface area contributed by atoms with Gasteiger partial charge in [0, 0.05) is 0 Å². The molecule has 0 unspecified atom stereocenters. The molecule has 32 valence electrons. The van der Waals surface area contributed by atoms with Crippen molar-refractivity contribution in [2.24, 2.45) is 5.73 Å². The average Bonchev–Trinajstić information content (AvgIpc) is 1.38. The van der Waals surface area contributed by atoms with E-state index >= 15 is 0 Å². The summed E-state index contributed by atoms with van der Waals surface area (Å²) in [5.41, 5.74) is 4.45. The van der Waals surface area contributed by atoms with Crippen molar-refractivity contribution in [2.75, 3.05) is 6.54 Å². The first-order valence-corrected chi connectivity index (χ1v) is 1.15. The molecule has 0 bridgehead atoms. The maximum Gasteiger partial charge on any atom is 1.00 e. The SMILES string of the molecule is NCC(=O)F.[H-].[K+]. The molecule has 0 aromatic heterocycles. The molecule has 0 radical (unpaired) electrons. The third-order valence-electron chi connectivity index (χ3n) is 0.160. The van der Waals surface area contributed by atoms with Crippen LogP contribution in [0.5, 0.6) is 0 Å². The molecule has 0 aliphatic heterocycles. The van der Waals surface area contributed by atoms with Crippen LogP contribution < -0.4 is 57.1 Å². The second-order valence-electron chi connectivity index (χ2n) is 0.559. The first kappa shape index (κ1) is 10.2. The molecule has 0 amide bonds. The smallest absolute Gasteiger partial charge is 1.00 e. The van der Waals surface area contributed by atoms with Gasteiger partial charge in [0.15, 0.2) is 0 Å². The van der Waals surface area contributed by atoms with Gasteiger partial charge in [0.1, 0.15) is 0 Å². The third kappa shape index (κ3) is 8.96. The van der Waals surface area contributed by atoms with Gasteiger partial charge in [-0.25, -0.2) is 0 Å².